The molecule has 0 unspecified atom stereocenters. The molecule has 2 aromatic heterocycles. The summed E-state index contributed by atoms with van der Waals surface area (Å²) < 4.78 is 1.73. The van der Waals surface area contributed by atoms with Crippen LogP contribution in [0.4, 0.5) is 0 Å². The van der Waals surface area contributed by atoms with Gasteiger partial charge in [-0.25, -0.2) is 9.50 Å². The SMILES string of the molecule is Cc1cc(C)n2nc(S[C@H]3CCCCNC3=O)nc2n1. The van der Waals surface area contributed by atoms with Gasteiger partial charge in [0.2, 0.25) is 11.1 Å². The first-order valence-corrected chi connectivity index (χ1v) is 7.67. The third-order valence-corrected chi connectivity index (χ3v) is 4.45. The highest BCUT2D eigenvalue weighted by molar-refractivity contribution is 8.00. The minimum absolute atomic E-state index is 0.0900. The molecule has 1 fully saturated rings. The van der Waals surface area contributed by atoms with Crippen molar-refractivity contribution in [3.8, 4) is 0 Å². The number of thioether (sulfide) groups is 1. The number of amides is 1. The van der Waals surface area contributed by atoms with E-state index in [0.717, 1.165) is 37.2 Å². The van der Waals surface area contributed by atoms with Gasteiger partial charge < -0.3 is 5.32 Å². The van der Waals surface area contributed by atoms with E-state index in [2.05, 4.69) is 20.4 Å². The minimum atomic E-state index is -0.101. The van der Waals surface area contributed by atoms with Gasteiger partial charge in [-0.05, 0) is 32.8 Å². The number of fused-ring (bicyclic) bond motifs is 1. The maximum absolute atomic E-state index is 11.9. The molecule has 1 aliphatic rings. The van der Waals surface area contributed by atoms with Crippen LogP contribution in [0.3, 0.4) is 0 Å². The molecule has 0 spiro atoms. The van der Waals surface area contributed by atoms with Gasteiger partial charge in [0.25, 0.3) is 5.78 Å². The second-order valence-electron chi connectivity index (χ2n) is 5.04. The van der Waals surface area contributed by atoms with Crippen molar-refractivity contribution < 1.29 is 4.79 Å². The van der Waals surface area contributed by atoms with Crippen molar-refractivity contribution >= 4 is 23.4 Å². The highest BCUT2D eigenvalue weighted by Gasteiger charge is 2.23. The van der Waals surface area contributed by atoms with Gasteiger partial charge in [0.15, 0.2) is 0 Å². The summed E-state index contributed by atoms with van der Waals surface area (Å²) in [5.41, 5.74) is 1.92. The number of carbonyl (C=O) groups is 1. The van der Waals surface area contributed by atoms with Crippen LogP contribution in [0.2, 0.25) is 0 Å². The number of rotatable bonds is 2. The van der Waals surface area contributed by atoms with Crippen molar-refractivity contribution in [2.45, 2.75) is 43.5 Å². The predicted molar refractivity (Wildman–Crippen MR) is 76.8 cm³/mol. The lowest BCUT2D eigenvalue weighted by Gasteiger charge is -2.09. The fraction of sp³-hybridized carbons (Fsp3) is 0.538. The smallest absolute Gasteiger partial charge is 0.253 e. The maximum atomic E-state index is 11.9. The Balaban J connectivity index is 1.87. The van der Waals surface area contributed by atoms with Gasteiger partial charge in [0, 0.05) is 17.9 Å². The second kappa shape index (κ2) is 5.40. The van der Waals surface area contributed by atoms with Crippen LogP contribution in [0.1, 0.15) is 30.7 Å². The van der Waals surface area contributed by atoms with Gasteiger partial charge in [-0.1, -0.05) is 18.2 Å². The van der Waals surface area contributed by atoms with Gasteiger partial charge in [-0.15, -0.1) is 5.10 Å². The summed E-state index contributed by atoms with van der Waals surface area (Å²) in [6.07, 6.45) is 2.97. The Bertz CT molecular complexity index is 653. The summed E-state index contributed by atoms with van der Waals surface area (Å²) in [5, 5.41) is 7.89. The van der Waals surface area contributed by atoms with Crippen LogP contribution in [0.15, 0.2) is 11.2 Å². The lowest BCUT2D eigenvalue weighted by molar-refractivity contribution is -0.120. The van der Waals surface area contributed by atoms with Crippen LogP contribution < -0.4 is 5.32 Å². The third-order valence-electron chi connectivity index (χ3n) is 3.33. The average molecular weight is 291 g/mol. The molecule has 106 valence electrons. The average Bonchev–Trinajstić information content (AvgIpc) is 2.68. The van der Waals surface area contributed by atoms with E-state index in [1.807, 2.05) is 19.9 Å². The molecule has 1 atom stereocenters. The number of aryl methyl sites for hydroxylation is 2. The van der Waals surface area contributed by atoms with Crippen LogP contribution in [-0.4, -0.2) is 37.3 Å². The largest absolute Gasteiger partial charge is 0.355 e. The Morgan fingerprint density at radius 2 is 2.20 bits per heavy atom. The zero-order valence-electron chi connectivity index (χ0n) is 11.6. The first kappa shape index (κ1) is 13.4. The molecular weight excluding hydrogens is 274 g/mol. The van der Waals surface area contributed by atoms with Gasteiger partial charge in [0.1, 0.15) is 0 Å². The zero-order chi connectivity index (χ0) is 14.1. The lowest BCUT2D eigenvalue weighted by Crippen LogP contribution is -2.30. The summed E-state index contributed by atoms with van der Waals surface area (Å²) in [6, 6.07) is 1.97. The predicted octanol–water partition coefficient (Wildman–Crippen LogP) is 1.50. The second-order valence-corrected chi connectivity index (χ2v) is 6.21. The van der Waals surface area contributed by atoms with Gasteiger partial charge in [-0.2, -0.15) is 4.98 Å². The maximum Gasteiger partial charge on any atom is 0.253 e. The van der Waals surface area contributed by atoms with Crippen molar-refractivity contribution in [2.24, 2.45) is 0 Å². The quantitative estimate of drug-likeness (QED) is 0.908. The van der Waals surface area contributed by atoms with Crippen molar-refractivity contribution in [2.75, 3.05) is 6.54 Å². The van der Waals surface area contributed by atoms with E-state index < -0.39 is 0 Å². The molecule has 0 aliphatic carbocycles. The number of carbonyl (C=O) groups excluding carboxylic acids is 1. The Morgan fingerprint density at radius 3 is 3.05 bits per heavy atom. The molecular formula is C13H17N5OS. The molecule has 0 radical (unpaired) electrons. The Hall–Kier alpha value is -1.63. The minimum Gasteiger partial charge on any atom is -0.355 e. The summed E-state index contributed by atoms with van der Waals surface area (Å²) in [4.78, 5) is 20.7. The molecule has 1 saturated heterocycles. The third kappa shape index (κ3) is 2.63. The van der Waals surface area contributed by atoms with Crippen LogP contribution in [0.25, 0.3) is 5.78 Å². The zero-order valence-corrected chi connectivity index (χ0v) is 12.4. The standard InChI is InChI=1S/C13H17N5OS/c1-8-7-9(2)18-12(15-8)16-13(17-18)20-10-5-3-4-6-14-11(10)19/h7,10H,3-6H2,1-2H3,(H,14,19)/t10-/m0/s1. The van der Waals surface area contributed by atoms with Crippen LogP contribution in [0.5, 0.6) is 0 Å². The van der Waals surface area contributed by atoms with E-state index in [1.165, 1.54) is 11.8 Å². The Morgan fingerprint density at radius 1 is 1.35 bits per heavy atom. The molecule has 3 heterocycles. The summed E-state index contributed by atoms with van der Waals surface area (Å²) in [6.45, 7) is 4.69. The monoisotopic (exact) mass is 291 g/mol. The van der Waals surface area contributed by atoms with Crippen LogP contribution in [-0.2, 0) is 4.79 Å². The molecule has 1 aliphatic heterocycles. The van der Waals surface area contributed by atoms with Gasteiger partial charge in [0.05, 0.1) is 5.25 Å². The molecule has 6 nitrogen and oxygen atoms in total. The summed E-state index contributed by atoms with van der Waals surface area (Å²) in [5.74, 6) is 0.686. The van der Waals surface area contributed by atoms with Crippen molar-refractivity contribution in [1.29, 1.82) is 0 Å². The van der Waals surface area contributed by atoms with E-state index in [1.54, 1.807) is 4.52 Å². The van der Waals surface area contributed by atoms with Crippen LogP contribution >= 0.6 is 11.8 Å². The van der Waals surface area contributed by atoms with E-state index in [0.29, 0.717) is 10.9 Å². The highest BCUT2D eigenvalue weighted by Crippen LogP contribution is 2.26. The van der Waals surface area contributed by atoms with Gasteiger partial charge >= 0.3 is 0 Å². The lowest BCUT2D eigenvalue weighted by atomic mass is 10.2. The normalized spacial score (nSPS) is 19.9. The number of hydrogen-bond acceptors (Lipinski definition) is 5. The summed E-state index contributed by atoms with van der Waals surface area (Å²) >= 11 is 1.43. The topological polar surface area (TPSA) is 72.2 Å². The molecule has 0 saturated carbocycles. The molecule has 0 bridgehead atoms. The first-order chi connectivity index (χ1) is 9.63. The Kier molecular flexibility index (Phi) is 3.60. The number of aromatic nitrogens is 4. The van der Waals surface area contributed by atoms with Crippen molar-refractivity contribution in [3.63, 3.8) is 0 Å². The number of nitrogens with zero attached hydrogens (tertiary/aromatic N) is 4. The van der Waals surface area contributed by atoms with Gasteiger partial charge in [-0.3, -0.25) is 4.79 Å². The Labute approximate surface area is 121 Å². The van der Waals surface area contributed by atoms with Crippen molar-refractivity contribution in [3.05, 3.63) is 17.5 Å². The fourth-order valence-electron chi connectivity index (χ4n) is 2.35. The molecule has 2 aromatic rings. The van der Waals surface area contributed by atoms with E-state index in [-0.39, 0.29) is 11.2 Å². The van der Waals surface area contributed by atoms with Crippen molar-refractivity contribution in [1.82, 2.24) is 24.9 Å². The molecule has 1 amide bonds. The first-order valence-electron chi connectivity index (χ1n) is 6.79. The molecule has 20 heavy (non-hydrogen) atoms. The molecule has 7 heteroatoms. The number of hydrogen-bond donors (Lipinski definition) is 1. The van der Waals surface area contributed by atoms with Crippen LogP contribution in [0, 0.1) is 13.8 Å². The molecule has 3 rings (SSSR count). The fourth-order valence-corrected chi connectivity index (χ4v) is 3.34. The molecule has 0 aromatic carbocycles. The molecule has 1 N–H and O–H groups in total. The summed E-state index contributed by atoms with van der Waals surface area (Å²) in [7, 11) is 0. The van der Waals surface area contributed by atoms with E-state index in [9.17, 15) is 4.79 Å². The van der Waals surface area contributed by atoms with E-state index in [4.69, 9.17) is 0 Å². The highest BCUT2D eigenvalue weighted by atomic mass is 32.2. The number of nitrogens with one attached hydrogen (secondary N) is 1. The van der Waals surface area contributed by atoms with E-state index >= 15 is 0 Å².